The van der Waals surface area contributed by atoms with Crippen molar-refractivity contribution in [2.75, 3.05) is 6.54 Å². The van der Waals surface area contributed by atoms with E-state index in [0.29, 0.717) is 25.1 Å². The maximum atomic E-state index is 10.8. The van der Waals surface area contributed by atoms with E-state index in [-0.39, 0.29) is 5.91 Å². The third-order valence-electron chi connectivity index (χ3n) is 4.04. The second kappa shape index (κ2) is 10.1. The minimum atomic E-state index is -0.590. The van der Waals surface area contributed by atoms with Crippen LogP contribution in [-0.4, -0.2) is 22.7 Å². The lowest BCUT2D eigenvalue weighted by Crippen LogP contribution is -2.22. The fourth-order valence-corrected chi connectivity index (χ4v) is 2.61. The van der Waals surface area contributed by atoms with Crippen LogP contribution in [0.3, 0.4) is 0 Å². The van der Waals surface area contributed by atoms with Gasteiger partial charge >= 0.3 is 0 Å². The highest BCUT2D eigenvalue weighted by Gasteiger charge is 2.09. The van der Waals surface area contributed by atoms with Crippen molar-refractivity contribution in [3.8, 4) is 0 Å². The number of hydrogen-bond acceptors (Lipinski definition) is 3. The molecule has 1 aromatic carbocycles. The van der Waals surface area contributed by atoms with Gasteiger partial charge in [0.05, 0.1) is 11.9 Å². The van der Waals surface area contributed by atoms with E-state index in [0.717, 1.165) is 36.0 Å². The zero-order chi connectivity index (χ0) is 17.2. The molecule has 4 nitrogen and oxygen atoms in total. The summed E-state index contributed by atoms with van der Waals surface area (Å²) in [5.41, 5.74) is 3.05. The Morgan fingerprint density at radius 2 is 1.96 bits per heavy atom. The Kier molecular flexibility index (Phi) is 8.41. The fraction of sp³-hybridized carbons (Fsp3) is 0.526. The molecule has 1 rings (SSSR count). The quantitative estimate of drug-likeness (QED) is 0.606. The molecule has 1 aromatic rings. The second-order valence-electron chi connectivity index (χ2n) is 5.79. The van der Waals surface area contributed by atoms with E-state index in [1.807, 2.05) is 24.3 Å². The Balaban J connectivity index is 2.62. The van der Waals surface area contributed by atoms with E-state index in [4.69, 9.17) is 0 Å². The summed E-state index contributed by atoms with van der Waals surface area (Å²) in [6, 6.07) is 7.80. The highest BCUT2D eigenvalue weighted by atomic mass is 16.3. The molecule has 0 bridgehead atoms. The van der Waals surface area contributed by atoms with Crippen LogP contribution in [-0.2, 0) is 11.2 Å². The maximum absolute atomic E-state index is 10.8. The predicted octanol–water partition coefficient (Wildman–Crippen LogP) is 3.81. The number of rotatable bonds is 9. The Morgan fingerprint density at radius 3 is 2.57 bits per heavy atom. The number of amides is 1. The van der Waals surface area contributed by atoms with Crippen molar-refractivity contribution in [3.05, 3.63) is 46.7 Å². The Morgan fingerprint density at radius 1 is 1.26 bits per heavy atom. The number of aliphatic hydroxyl groups is 2. The summed E-state index contributed by atoms with van der Waals surface area (Å²) < 4.78 is 0. The molecule has 0 heterocycles. The Labute approximate surface area is 139 Å². The molecule has 0 saturated carbocycles. The summed E-state index contributed by atoms with van der Waals surface area (Å²) in [4.78, 5) is 10.8. The summed E-state index contributed by atoms with van der Waals surface area (Å²) in [6.45, 7) is 6.04. The fourth-order valence-electron chi connectivity index (χ4n) is 2.61. The first-order chi connectivity index (χ1) is 11.0. The molecule has 0 aliphatic carbocycles. The average Bonchev–Trinajstić information content (AvgIpc) is 2.54. The van der Waals surface area contributed by atoms with Gasteiger partial charge in [0.2, 0.25) is 5.91 Å². The van der Waals surface area contributed by atoms with Crippen LogP contribution in [0.15, 0.2) is 35.6 Å². The monoisotopic (exact) mass is 319 g/mol. The van der Waals surface area contributed by atoms with Crippen LogP contribution < -0.4 is 5.32 Å². The van der Waals surface area contributed by atoms with Crippen LogP contribution in [0.25, 0.3) is 0 Å². The summed E-state index contributed by atoms with van der Waals surface area (Å²) >= 11 is 0. The van der Waals surface area contributed by atoms with E-state index in [1.165, 1.54) is 6.92 Å². The molecule has 23 heavy (non-hydrogen) atoms. The third kappa shape index (κ3) is 6.87. The number of carbonyl (C=O) groups excluding carboxylic acids is 1. The van der Waals surface area contributed by atoms with Crippen LogP contribution in [0.1, 0.15) is 63.7 Å². The van der Waals surface area contributed by atoms with Crippen molar-refractivity contribution in [3.63, 3.8) is 0 Å². The number of aryl methyl sites for hydroxylation is 1. The van der Waals surface area contributed by atoms with Gasteiger partial charge in [0, 0.05) is 19.9 Å². The summed E-state index contributed by atoms with van der Waals surface area (Å²) in [5.74, 6) is 0.405. The molecule has 128 valence electrons. The first-order valence-electron chi connectivity index (χ1n) is 8.39. The third-order valence-corrected chi connectivity index (χ3v) is 4.04. The normalized spacial score (nSPS) is 11.8. The van der Waals surface area contributed by atoms with Gasteiger partial charge in [-0.15, -0.1) is 0 Å². The van der Waals surface area contributed by atoms with E-state index in [2.05, 4.69) is 19.2 Å². The predicted molar refractivity (Wildman–Crippen MR) is 93.3 cm³/mol. The number of hydrogen-bond donors (Lipinski definition) is 3. The minimum Gasteiger partial charge on any atom is -0.512 e. The van der Waals surface area contributed by atoms with Gasteiger partial charge in [-0.2, -0.15) is 0 Å². The second-order valence-corrected chi connectivity index (χ2v) is 5.79. The molecular formula is C19H29NO3. The van der Waals surface area contributed by atoms with E-state index < -0.39 is 6.10 Å². The smallest absolute Gasteiger partial charge is 0.216 e. The van der Waals surface area contributed by atoms with Gasteiger partial charge in [-0.05, 0) is 42.4 Å². The Hall–Kier alpha value is -1.81. The number of nitrogens with one attached hydrogen (secondary N) is 1. The van der Waals surface area contributed by atoms with E-state index in [1.54, 1.807) is 0 Å². The first kappa shape index (κ1) is 19.2. The molecule has 0 spiro atoms. The Bertz CT molecular complexity index is 531. The molecule has 0 saturated heterocycles. The van der Waals surface area contributed by atoms with Crippen molar-refractivity contribution < 1.29 is 15.0 Å². The summed E-state index contributed by atoms with van der Waals surface area (Å²) in [6.07, 6.45) is 3.04. The maximum Gasteiger partial charge on any atom is 0.216 e. The van der Waals surface area contributed by atoms with Gasteiger partial charge in [-0.1, -0.05) is 38.1 Å². The molecular weight excluding hydrogens is 290 g/mol. The molecule has 0 aliphatic rings. The largest absolute Gasteiger partial charge is 0.512 e. The highest BCUT2D eigenvalue weighted by molar-refractivity contribution is 5.72. The lowest BCUT2D eigenvalue weighted by molar-refractivity contribution is -0.119. The summed E-state index contributed by atoms with van der Waals surface area (Å²) in [7, 11) is 0. The van der Waals surface area contributed by atoms with Gasteiger partial charge in [0.1, 0.15) is 0 Å². The zero-order valence-corrected chi connectivity index (χ0v) is 14.4. The average molecular weight is 319 g/mol. The van der Waals surface area contributed by atoms with Crippen LogP contribution in [0.2, 0.25) is 0 Å². The lowest BCUT2D eigenvalue weighted by atomic mass is 9.99. The van der Waals surface area contributed by atoms with Crippen molar-refractivity contribution in [2.24, 2.45) is 0 Å². The van der Waals surface area contributed by atoms with E-state index in [9.17, 15) is 15.0 Å². The first-order valence-corrected chi connectivity index (χ1v) is 8.39. The number of benzene rings is 1. The molecule has 0 aromatic heterocycles. The number of aliphatic hydroxyl groups excluding tert-OH is 2. The molecule has 4 heteroatoms. The topological polar surface area (TPSA) is 69.6 Å². The lowest BCUT2D eigenvalue weighted by Gasteiger charge is -2.13. The van der Waals surface area contributed by atoms with E-state index >= 15 is 0 Å². The van der Waals surface area contributed by atoms with Gasteiger partial charge in [-0.3, -0.25) is 4.79 Å². The van der Waals surface area contributed by atoms with Crippen LogP contribution in [0.4, 0.5) is 0 Å². The van der Waals surface area contributed by atoms with Crippen molar-refractivity contribution in [1.82, 2.24) is 5.32 Å². The molecule has 0 radical (unpaired) electrons. The van der Waals surface area contributed by atoms with Crippen LogP contribution >= 0.6 is 0 Å². The molecule has 1 amide bonds. The van der Waals surface area contributed by atoms with Gasteiger partial charge in [0.25, 0.3) is 0 Å². The molecule has 3 N–H and O–H groups in total. The standard InChI is InChI=1S/C19H29NO3/c1-4-16(5-2)18(22)10-9-15-7-6-8-17(13-15)19(23)11-12-20-14(3)21/h6-8,13,19,22-23H,4-5,9-12H2,1-3H3,(H,20,21)/t19-/m1/s1. The SMILES string of the molecule is CCC(CC)=C(O)CCc1cccc([C@H](O)CCNC(C)=O)c1. The molecule has 0 unspecified atom stereocenters. The molecule has 1 atom stereocenters. The molecule has 0 fully saturated rings. The van der Waals surface area contributed by atoms with Crippen LogP contribution in [0.5, 0.6) is 0 Å². The van der Waals surface area contributed by atoms with Crippen molar-refractivity contribution in [1.29, 1.82) is 0 Å². The van der Waals surface area contributed by atoms with Gasteiger partial charge in [-0.25, -0.2) is 0 Å². The van der Waals surface area contributed by atoms with Crippen molar-refractivity contribution in [2.45, 2.75) is 59.0 Å². The molecule has 0 aliphatic heterocycles. The number of carbonyl (C=O) groups is 1. The van der Waals surface area contributed by atoms with Crippen molar-refractivity contribution >= 4 is 5.91 Å². The summed E-state index contributed by atoms with van der Waals surface area (Å²) in [5, 5.41) is 23.0. The number of allylic oxidation sites excluding steroid dienone is 2. The van der Waals surface area contributed by atoms with Gasteiger partial charge < -0.3 is 15.5 Å². The highest BCUT2D eigenvalue weighted by Crippen LogP contribution is 2.20. The minimum absolute atomic E-state index is 0.0872. The zero-order valence-electron chi connectivity index (χ0n) is 14.4. The van der Waals surface area contributed by atoms with Crippen LogP contribution in [0, 0.1) is 0 Å². The van der Waals surface area contributed by atoms with Gasteiger partial charge in [0.15, 0.2) is 0 Å².